The Hall–Kier alpha value is -0.650. The lowest BCUT2D eigenvalue weighted by Crippen LogP contribution is -2.62. The van der Waals surface area contributed by atoms with Gasteiger partial charge in [-0.2, -0.15) is 0 Å². The number of amides is 1. The fourth-order valence-corrected chi connectivity index (χ4v) is 4.16. The average molecular weight is 295 g/mol. The molecule has 0 aromatic rings. The summed E-state index contributed by atoms with van der Waals surface area (Å²) in [5.74, 6) is -0.164. The summed E-state index contributed by atoms with van der Waals surface area (Å²) in [6.07, 6.45) is 7.70. The first-order valence-electron chi connectivity index (χ1n) is 8.43. The lowest BCUT2D eigenvalue weighted by molar-refractivity contribution is -0.127. The molecule has 5 nitrogen and oxygen atoms in total. The summed E-state index contributed by atoms with van der Waals surface area (Å²) in [6.45, 7) is 3.00. The van der Waals surface area contributed by atoms with Gasteiger partial charge in [-0.15, -0.1) is 0 Å². The number of likely N-dealkylation sites (N-methyl/N-ethyl adjacent to an activating group) is 1. The van der Waals surface area contributed by atoms with Crippen molar-refractivity contribution in [2.45, 2.75) is 81.6 Å². The number of hydrogen-bond acceptors (Lipinski definition) is 4. The molecule has 3 rings (SSSR count). The summed E-state index contributed by atoms with van der Waals surface area (Å²) in [6, 6.07) is 1.40. The SMILES string of the molecule is CC1OCCC1N(C)C1CCCC(NC2CC2)(C(N)=O)C1. The van der Waals surface area contributed by atoms with Gasteiger partial charge < -0.3 is 15.8 Å². The lowest BCUT2D eigenvalue weighted by Gasteiger charge is -2.44. The molecule has 3 aliphatic rings. The predicted molar refractivity (Wildman–Crippen MR) is 81.9 cm³/mol. The Balaban J connectivity index is 1.69. The van der Waals surface area contributed by atoms with Crippen LogP contribution in [0.1, 0.15) is 51.9 Å². The van der Waals surface area contributed by atoms with E-state index < -0.39 is 5.54 Å². The monoisotopic (exact) mass is 295 g/mol. The highest BCUT2D eigenvalue weighted by molar-refractivity contribution is 5.85. The van der Waals surface area contributed by atoms with E-state index in [4.69, 9.17) is 10.5 Å². The van der Waals surface area contributed by atoms with E-state index in [9.17, 15) is 4.79 Å². The molecule has 0 radical (unpaired) electrons. The van der Waals surface area contributed by atoms with Crippen LogP contribution in [0, 0.1) is 0 Å². The highest BCUT2D eigenvalue weighted by Crippen LogP contribution is 2.36. The second-order valence-electron chi connectivity index (χ2n) is 7.21. The molecule has 4 unspecified atom stereocenters. The number of nitrogens with two attached hydrogens (primary N) is 1. The van der Waals surface area contributed by atoms with Crippen molar-refractivity contribution in [2.75, 3.05) is 13.7 Å². The normalized spacial score (nSPS) is 40.6. The first kappa shape index (κ1) is 15.3. The number of primary amides is 1. The minimum atomic E-state index is -0.485. The van der Waals surface area contributed by atoms with E-state index in [1.165, 1.54) is 12.8 Å². The predicted octanol–water partition coefficient (Wildman–Crippen LogP) is 1.01. The molecule has 0 bridgehead atoms. The van der Waals surface area contributed by atoms with Gasteiger partial charge in [0.05, 0.1) is 11.6 Å². The van der Waals surface area contributed by atoms with Crippen molar-refractivity contribution in [3.8, 4) is 0 Å². The third-order valence-electron chi connectivity index (χ3n) is 5.69. The molecule has 120 valence electrons. The molecular formula is C16H29N3O2. The molecule has 4 atom stereocenters. The number of ether oxygens (including phenoxy) is 1. The molecule has 1 amide bonds. The van der Waals surface area contributed by atoms with E-state index in [1.807, 2.05) is 0 Å². The van der Waals surface area contributed by atoms with Crippen LogP contribution in [-0.2, 0) is 9.53 Å². The van der Waals surface area contributed by atoms with Gasteiger partial charge in [0.25, 0.3) is 0 Å². The zero-order chi connectivity index (χ0) is 15.0. The van der Waals surface area contributed by atoms with E-state index in [0.29, 0.717) is 18.1 Å². The molecule has 3 N–H and O–H groups in total. The van der Waals surface area contributed by atoms with Crippen LogP contribution in [-0.4, -0.2) is 54.2 Å². The number of rotatable bonds is 5. The van der Waals surface area contributed by atoms with Crippen LogP contribution in [0.4, 0.5) is 0 Å². The smallest absolute Gasteiger partial charge is 0.237 e. The average Bonchev–Trinajstić information content (AvgIpc) is 3.16. The van der Waals surface area contributed by atoms with Crippen LogP contribution in [0.2, 0.25) is 0 Å². The highest BCUT2D eigenvalue weighted by Gasteiger charge is 2.46. The zero-order valence-corrected chi connectivity index (χ0v) is 13.3. The van der Waals surface area contributed by atoms with Gasteiger partial charge in [0.2, 0.25) is 5.91 Å². The third kappa shape index (κ3) is 3.10. The van der Waals surface area contributed by atoms with Gasteiger partial charge in [-0.1, -0.05) is 0 Å². The molecule has 0 aromatic heterocycles. The number of carbonyl (C=O) groups excluding carboxylic acids is 1. The van der Waals surface area contributed by atoms with Crippen LogP contribution in [0.5, 0.6) is 0 Å². The van der Waals surface area contributed by atoms with Gasteiger partial charge in [-0.05, 0) is 58.9 Å². The minimum absolute atomic E-state index is 0.164. The Morgan fingerprint density at radius 2 is 2.10 bits per heavy atom. The van der Waals surface area contributed by atoms with E-state index in [1.54, 1.807) is 0 Å². The maximum Gasteiger partial charge on any atom is 0.237 e. The first-order valence-corrected chi connectivity index (χ1v) is 8.43. The molecule has 1 aliphatic heterocycles. The molecule has 0 aromatic carbocycles. The van der Waals surface area contributed by atoms with Gasteiger partial charge in [-0.3, -0.25) is 9.69 Å². The first-order chi connectivity index (χ1) is 10.0. The van der Waals surface area contributed by atoms with Gasteiger partial charge in [0, 0.05) is 24.7 Å². The lowest BCUT2D eigenvalue weighted by atomic mass is 9.77. The van der Waals surface area contributed by atoms with Crippen LogP contribution >= 0.6 is 0 Å². The van der Waals surface area contributed by atoms with E-state index in [-0.39, 0.29) is 12.0 Å². The largest absolute Gasteiger partial charge is 0.377 e. The Kier molecular flexibility index (Phi) is 4.26. The van der Waals surface area contributed by atoms with Crippen molar-refractivity contribution in [1.29, 1.82) is 0 Å². The summed E-state index contributed by atoms with van der Waals surface area (Å²) >= 11 is 0. The van der Waals surface area contributed by atoms with Gasteiger partial charge in [0.15, 0.2) is 0 Å². The fraction of sp³-hybridized carbons (Fsp3) is 0.938. The highest BCUT2D eigenvalue weighted by atomic mass is 16.5. The summed E-state index contributed by atoms with van der Waals surface area (Å²) in [7, 11) is 2.19. The van der Waals surface area contributed by atoms with Gasteiger partial charge in [-0.25, -0.2) is 0 Å². The van der Waals surface area contributed by atoms with E-state index in [2.05, 4.69) is 24.2 Å². The van der Waals surface area contributed by atoms with Crippen molar-refractivity contribution < 1.29 is 9.53 Å². The summed E-state index contributed by atoms with van der Waals surface area (Å²) in [5, 5.41) is 3.56. The zero-order valence-electron chi connectivity index (χ0n) is 13.3. The number of hydrogen-bond donors (Lipinski definition) is 2. The standard InChI is InChI=1S/C16H29N3O2/c1-11-14(7-9-21-11)19(2)13-4-3-8-16(10-13,15(17)20)18-12-5-6-12/h11-14,18H,3-10H2,1-2H3,(H2,17,20). The van der Waals surface area contributed by atoms with E-state index >= 15 is 0 Å². The molecule has 21 heavy (non-hydrogen) atoms. The Morgan fingerprint density at radius 3 is 2.67 bits per heavy atom. The Bertz CT molecular complexity index is 399. The molecule has 5 heteroatoms. The molecule has 2 aliphatic carbocycles. The summed E-state index contributed by atoms with van der Waals surface area (Å²) in [5.41, 5.74) is 5.29. The van der Waals surface area contributed by atoms with Crippen molar-refractivity contribution >= 4 is 5.91 Å². The number of nitrogens with one attached hydrogen (secondary N) is 1. The van der Waals surface area contributed by atoms with Gasteiger partial charge in [0.1, 0.15) is 0 Å². The fourth-order valence-electron chi connectivity index (χ4n) is 4.16. The summed E-state index contributed by atoms with van der Waals surface area (Å²) < 4.78 is 5.70. The molecular weight excluding hydrogens is 266 g/mol. The van der Waals surface area contributed by atoms with Crippen LogP contribution in [0.25, 0.3) is 0 Å². The van der Waals surface area contributed by atoms with Crippen molar-refractivity contribution in [1.82, 2.24) is 10.2 Å². The molecule has 0 spiro atoms. The molecule has 3 fully saturated rings. The second-order valence-corrected chi connectivity index (χ2v) is 7.21. The second kappa shape index (κ2) is 5.86. The minimum Gasteiger partial charge on any atom is -0.377 e. The Morgan fingerprint density at radius 1 is 1.33 bits per heavy atom. The quantitative estimate of drug-likeness (QED) is 0.794. The summed E-state index contributed by atoms with van der Waals surface area (Å²) in [4.78, 5) is 14.6. The van der Waals surface area contributed by atoms with Crippen molar-refractivity contribution in [3.05, 3.63) is 0 Å². The number of carbonyl (C=O) groups is 1. The maximum atomic E-state index is 12.1. The van der Waals surface area contributed by atoms with Crippen LogP contribution in [0.15, 0.2) is 0 Å². The Labute approximate surface area is 127 Å². The molecule has 1 saturated heterocycles. The van der Waals surface area contributed by atoms with Crippen LogP contribution in [0.3, 0.4) is 0 Å². The maximum absolute atomic E-state index is 12.1. The van der Waals surface area contributed by atoms with E-state index in [0.717, 1.165) is 38.7 Å². The molecule has 2 saturated carbocycles. The molecule has 1 heterocycles. The van der Waals surface area contributed by atoms with Crippen LogP contribution < -0.4 is 11.1 Å². The van der Waals surface area contributed by atoms with Crippen molar-refractivity contribution in [2.24, 2.45) is 5.73 Å². The topological polar surface area (TPSA) is 67.6 Å². The number of nitrogens with zero attached hydrogens (tertiary/aromatic N) is 1. The third-order valence-corrected chi connectivity index (χ3v) is 5.69. The van der Waals surface area contributed by atoms with Crippen molar-refractivity contribution in [3.63, 3.8) is 0 Å². The van der Waals surface area contributed by atoms with Gasteiger partial charge >= 0.3 is 0 Å².